The molecule has 4 rings (SSSR count). The van der Waals surface area contributed by atoms with Crippen LogP contribution in [0.3, 0.4) is 0 Å². The van der Waals surface area contributed by atoms with Crippen molar-refractivity contribution in [3.8, 4) is 5.88 Å². The lowest BCUT2D eigenvalue weighted by molar-refractivity contribution is -0.125. The van der Waals surface area contributed by atoms with Crippen molar-refractivity contribution in [2.75, 3.05) is 13.2 Å². The van der Waals surface area contributed by atoms with Gasteiger partial charge in [0.05, 0.1) is 18.7 Å². The quantitative estimate of drug-likeness (QED) is 0.716. The van der Waals surface area contributed by atoms with E-state index >= 15 is 0 Å². The van der Waals surface area contributed by atoms with Gasteiger partial charge >= 0.3 is 0 Å². The Morgan fingerprint density at radius 2 is 2.26 bits per heavy atom. The van der Waals surface area contributed by atoms with Crippen molar-refractivity contribution in [1.82, 2.24) is 25.7 Å². The van der Waals surface area contributed by atoms with Crippen LogP contribution in [-0.2, 0) is 16.6 Å². The Bertz CT molecular complexity index is 766. The second-order valence-electron chi connectivity index (χ2n) is 6.98. The van der Waals surface area contributed by atoms with Gasteiger partial charge in [0.1, 0.15) is 12.1 Å². The third-order valence-electron chi connectivity index (χ3n) is 5.10. The molecule has 0 aromatic carbocycles. The largest absolute Gasteiger partial charge is 0.470 e. The highest BCUT2D eigenvalue weighted by atomic mass is 16.5. The van der Waals surface area contributed by atoms with E-state index in [1.54, 1.807) is 12.3 Å². The van der Waals surface area contributed by atoms with Gasteiger partial charge in [0.25, 0.3) is 0 Å². The average molecular weight is 371 g/mol. The Balaban J connectivity index is 1.35. The second kappa shape index (κ2) is 8.08. The number of aromatic nitrogens is 2. The fourth-order valence-electron chi connectivity index (χ4n) is 3.61. The first-order valence-electron chi connectivity index (χ1n) is 9.29. The van der Waals surface area contributed by atoms with Crippen molar-refractivity contribution >= 4 is 5.91 Å². The summed E-state index contributed by atoms with van der Waals surface area (Å²) in [5.41, 5.74) is 7.49. The highest BCUT2D eigenvalue weighted by Crippen LogP contribution is 2.23. The Morgan fingerprint density at radius 3 is 3.04 bits per heavy atom. The molecule has 27 heavy (non-hydrogen) atoms. The maximum Gasteiger partial charge on any atom is 0.238 e. The first-order valence-corrected chi connectivity index (χ1v) is 9.29. The number of hydrogen-bond donors (Lipinski definition) is 3. The molecule has 0 bridgehead atoms. The fraction of sp³-hybridized carbons (Fsp3) is 0.474. The standard InChI is InChI=1S/C19H25N5O3/c1-24-9-4-5-16(24)14-11-15(23-22-14)19(25)21-13-7-10-26-12-17(13)27-18-6-2-3-8-20-18/h2-6,8-9,13-15,17,22-23H,7,10-12H2,1H3,(H,21,25)/t13-,14?,15?,17-/m1/s1. The molecule has 2 aliphatic heterocycles. The van der Waals surface area contributed by atoms with E-state index in [4.69, 9.17) is 9.47 Å². The number of rotatable bonds is 5. The minimum atomic E-state index is -0.289. The summed E-state index contributed by atoms with van der Waals surface area (Å²) in [4.78, 5) is 17.0. The van der Waals surface area contributed by atoms with E-state index in [-0.39, 0.29) is 30.1 Å². The van der Waals surface area contributed by atoms with Crippen LogP contribution in [0.2, 0.25) is 0 Å². The third kappa shape index (κ3) is 4.13. The van der Waals surface area contributed by atoms with Crippen molar-refractivity contribution < 1.29 is 14.3 Å². The highest BCUT2D eigenvalue weighted by Gasteiger charge is 2.35. The van der Waals surface area contributed by atoms with Crippen molar-refractivity contribution in [2.45, 2.75) is 37.1 Å². The Morgan fingerprint density at radius 1 is 1.33 bits per heavy atom. The zero-order valence-electron chi connectivity index (χ0n) is 15.3. The SMILES string of the molecule is Cn1cccc1C1CC(C(=O)N[C@@H]2CCOC[C@H]2Oc2ccccn2)NN1. The number of aryl methyl sites for hydroxylation is 1. The smallest absolute Gasteiger partial charge is 0.238 e. The number of hydrazine groups is 1. The monoisotopic (exact) mass is 371 g/mol. The number of carbonyl (C=O) groups is 1. The molecule has 144 valence electrons. The van der Waals surface area contributed by atoms with Gasteiger partial charge in [-0.15, -0.1) is 0 Å². The maximum absolute atomic E-state index is 12.8. The van der Waals surface area contributed by atoms with E-state index in [0.29, 0.717) is 31.9 Å². The highest BCUT2D eigenvalue weighted by molar-refractivity contribution is 5.82. The summed E-state index contributed by atoms with van der Waals surface area (Å²) in [5.74, 6) is 0.511. The predicted octanol–water partition coefficient (Wildman–Crippen LogP) is 0.680. The lowest BCUT2D eigenvalue weighted by Gasteiger charge is -2.32. The normalized spacial score (nSPS) is 28.0. The van der Waals surface area contributed by atoms with Crippen LogP contribution in [0.1, 0.15) is 24.6 Å². The van der Waals surface area contributed by atoms with E-state index in [2.05, 4.69) is 31.8 Å². The minimum Gasteiger partial charge on any atom is -0.470 e. The summed E-state index contributed by atoms with van der Waals surface area (Å²) in [6, 6.07) is 9.30. The number of ether oxygens (including phenoxy) is 2. The molecule has 0 spiro atoms. The molecule has 2 aliphatic rings. The van der Waals surface area contributed by atoms with E-state index in [1.165, 1.54) is 0 Å². The van der Waals surface area contributed by atoms with Crippen LogP contribution in [0.15, 0.2) is 42.7 Å². The molecule has 3 N–H and O–H groups in total. The van der Waals surface area contributed by atoms with Crippen LogP contribution in [0, 0.1) is 0 Å². The average Bonchev–Trinajstić information content (AvgIpc) is 3.33. The molecule has 0 saturated carbocycles. The Hall–Kier alpha value is -2.42. The topological polar surface area (TPSA) is 89.4 Å². The fourth-order valence-corrected chi connectivity index (χ4v) is 3.61. The molecule has 4 heterocycles. The maximum atomic E-state index is 12.8. The molecule has 2 aromatic heterocycles. The zero-order valence-corrected chi connectivity index (χ0v) is 15.3. The first kappa shape index (κ1) is 18.0. The van der Waals surface area contributed by atoms with Crippen LogP contribution < -0.4 is 20.9 Å². The van der Waals surface area contributed by atoms with Gasteiger partial charge in [-0.1, -0.05) is 6.07 Å². The van der Waals surface area contributed by atoms with Gasteiger partial charge in [0.15, 0.2) is 0 Å². The molecule has 8 nitrogen and oxygen atoms in total. The number of pyridine rings is 1. The Kier molecular flexibility index (Phi) is 5.38. The zero-order chi connectivity index (χ0) is 18.6. The molecule has 2 unspecified atom stereocenters. The van der Waals surface area contributed by atoms with Crippen molar-refractivity contribution in [3.05, 3.63) is 48.4 Å². The molecule has 2 fully saturated rings. The molecule has 8 heteroatoms. The second-order valence-corrected chi connectivity index (χ2v) is 6.98. The van der Waals surface area contributed by atoms with Crippen molar-refractivity contribution in [2.24, 2.45) is 7.05 Å². The van der Waals surface area contributed by atoms with Gasteiger partial charge in [0.2, 0.25) is 11.8 Å². The molecule has 0 radical (unpaired) electrons. The van der Waals surface area contributed by atoms with Crippen molar-refractivity contribution in [1.29, 1.82) is 0 Å². The van der Waals surface area contributed by atoms with Gasteiger partial charge in [-0.25, -0.2) is 15.8 Å². The van der Waals surface area contributed by atoms with E-state index in [9.17, 15) is 4.79 Å². The Labute approximate surface area is 158 Å². The summed E-state index contributed by atoms with van der Waals surface area (Å²) in [6.45, 7) is 1.04. The molecular weight excluding hydrogens is 346 g/mol. The molecular formula is C19H25N5O3. The first-order chi connectivity index (χ1) is 13.2. The predicted molar refractivity (Wildman–Crippen MR) is 98.9 cm³/mol. The summed E-state index contributed by atoms with van der Waals surface area (Å²) in [5, 5.41) is 3.13. The van der Waals surface area contributed by atoms with Crippen LogP contribution in [0.4, 0.5) is 0 Å². The van der Waals surface area contributed by atoms with Crippen molar-refractivity contribution in [3.63, 3.8) is 0 Å². The number of carbonyl (C=O) groups excluding carboxylic acids is 1. The van der Waals surface area contributed by atoms with Gasteiger partial charge < -0.3 is 19.4 Å². The lowest BCUT2D eigenvalue weighted by atomic mass is 10.0. The van der Waals surface area contributed by atoms with E-state index in [0.717, 1.165) is 5.69 Å². The van der Waals surface area contributed by atoms with Gasteiger partial charge in [-0.2, -0.15) is 0 Å². The number of nitrogens with zero attached hydrogens (tertiary/aromatic N) is 2. The summed E-state index contributed by atoms with van der Waals surface area (Å²) >= 11 is 0. The summed E-state index contributed by atoms with van der Waals surface area (Å²) in [6.07, 6.45) is 4.84. The van der Waals surface area contributed by atoms with Crippen LogP contribution >= 0.6 is 0 Å². The molecule has 1 amide bonds. The van der Waals surface area contributed by atoms with E-state index in [1.807, 2.05) is 31.4 Å². The molecule has 2 aromatic rings. The number of amides is 1. The summed E-state index contributed by atoms with van der Waals surface area (Å²) < 4.78 is 13.5. The lowest BCUT2D eigenvalue weighted by Crippen LogP contribution is -2.55. The number of nitrogens with one attached hydrogen (secondary N) is 3. The van der Waals surface area contributed by atoms with Crippen LogP contribution in [0.25, 0.3) is 0 Å². The van der Waals surface area contributed by atoms with E-state index < -0.39 is 0 Å². The van der Waals surface area contributed by atoms with Crippen LogP contribution in [0.5, 0.6) is 5.88 Å². The van der Waals surface area contributed by atoms with Crippen LogP contribution in [-0.4, -0.2) is 46.9 Å². The minimum absolute atomic E-state index is 0.0271. The summed E-state index contributed by atoms with van der Waals surface area (Å²) in [7, 11) is 2.01. The molecule has 0 aliphatic carbocycles. The molecule has 4 atom stereocenters. The number of hydrogen-bond acceptors (Lipinski definition) is 6. The van der Waals surface area contributed by atoms with Gasteiger partial charge in [0, 0.05) is 37.8 Å². The van der Waals surface area contributed by atoms with Gasteiger partial charge in [-0.3, -0.25) is 4.79 Å². The third-order valence-corrected chi connectivity index (χ3v) is 5.10. The molecule has 2 saturated heterocycles. The van der Waals surface area contributed by atoms with Gasteiger partial charge in [-0.05, 0) is 31.0 Å².